The zero-order valence-corrected chi connectivity index (χ0v) is 18.7. The quantitative estimate of drug-likeness (QED) is 0.520. The van der Waals surface area contributed by atoms with E-state index in [2.05, 4.69) is 20.9 Å². The fourth-order valence-corrected chi connectivity index (χ4v) is 5.92. The van der Waals surface area contributed by atoms with Crippen LogP contribution in [0.4, 0.5) is 0 Å². The highest BCUT2D eigenvalue weighted by Gasteiger charge is 2.41. The van der Waals surface area contributed by atoms with Gasteiger partial charge in [-0.05, 0) is 80.8 Å². The number of thiazole rings is 1. The molecule has 162 valence electrons. The first-order valence-corrected chi connectivity index (χ1v) is 11.8. The Kier molecular flexibility index (Phi) is 5.52. The molecule has 0 spiro atoms. The molecule has 2 aliphatic heterocycles. The second kappa shape index (κ2) is 8.46. The van der Waals surface area contributed by atoms with Gasteiger partial charge in [-0.2, -0.15) is 4.98 Å². The lowest BCUT2D eigenvalue weighted by Crippen LogP contribution is -2.45. The van der Waals surface area contributed by atoms with E-state index in [1.54, 1.807) is 6.92 Å². The van der Waals surface area contributed by atoms with Gasteiger partial charge in [-0.25, -0.2) is 4.98 Å². The highest BCUT2D eigenvalue weighted by atomic mass is 32.1. The highest BCUT2D eigenvalue weighted by molar-refractivity contribution is 7.20. The van der Waals surface area contributed by atoms with Crippen molar-refractivity contribution >= 4 is 27.6 Å². The van der Waals surface area contributed by atoms with Gasteiger partial charge >= 0.3 is 0 Å². The molecule has 0 radical (unpaired) electrons. The number of piperidine rings is 1. The molecule has 7 heteroatoms. The Morgan fingerprint density at radius 3 is 2.58 bits per heavy atom. The first-order valence-electron chi connectivity index (χ1n) is 11.0. The molecule has 2 aliphatic rings. The third-order valence-electron chi connectivity index (χ3n) is 6.38. The molecule has 2 bridgehead atoms. The van der Waals surface area contributed by atoms with Gasteiger partial charge in [0.25, 0.3) is 5.19 Å². The number of carbonyl (C=O) groups is 1. The van der Waals surface area contributed by atoms with Crippen LogP contribution in [0.1, 0.15) is 44.6 Å². The minimum absolute atomic E-state index is 0.238. The Hall–Kier alpha value is -2.67. The van der Waals surface area contributed by atoms with E-state index in [9.17, 15) is 4.79 Å². The summed E-state index contributed by atoms with van der Waals surface area (Å²) in [7, 11) is 0. The molecule has 2 saturated heterocycles. The minimum Gasteiger partial charge on any atom is -0.494 e. The minimum atomic E-state index is 0.238. The summed E-state index contributed by atoms with van der Waals surface area (Å²) in [4.78, 5) is 22.7. The SMILES string of the molecule is CC(=O)N1[C@@H]2CC[C@H]1CC(CCOc1ccc(Oc3nc4ncc(C)cc4s3)cc1)C2. The Balaban J connectivity index is 1.12. The van der Waals surface area contributed by atoms with Crippen LogP contribution in [-0.4, -0.2) is 39.5 Å². The van der Waals surface area contributed by atoms with Gasteiger partial charge in [0.05, 0.1) is 11.3 Å². The van der Waals surface area contributed by atoms with Crippen LogP contribution in [0.2, 0.25) is 0 Å². The van der Waals surface area contributed by atoms with E-state index in [-0.39, 0.29) is 5.91 Å². The van der Waals surface area contributed by atoms with Crippen LogP contribution in [0, 0.1) is 12.8 Å². The largest absolute Gasteiger partial charge is 0.494 e. The lowest BCUT2D eigenvalue weighted by atomic mass is 9.88. The number of benzene rings is 1. The number of hydrogen-bond donors (Lipinski definition) is 0. The summed E-state index contributed by atoms with van der Waals surface area (Å²) < 4.78 is 12.9. The molecular formula is C24H27N3O3S. The average Bonchev–Trinajstić information content (AvgIpc) is 3.26. The summed E-state index contributed by atoms with van der Waals surface area (Å²) in [6, 6.07) is 10.6. The van der Waals surface area contributed by atoms with Crippen molar-refractivity contribution in [3.63, 3.8) is 0 Å². The number of fused-ring (bicyclic) bond motifs is 3. The van der Waals surface area contributed by atoms with E-state index < -0.39 is 0 Å². The van der Waals surface area contributed by atoms with Crippen LogP contribution in [0.15, 0.2) is 36.5 Å². The summed E-state index contributed by atoms with van der Waals surface area (Å²) in [5, 5.41) is 0.591. The number of aryl methyl sites for hydroxylation is 1. The molecule has 0 saturated carbocycles. The molecule has 6 nitrogen and oxygen atoms in total. The van der Waals surface area contributed by atoms with Crippen molar-refractivity contribution in [2.75, 3.05) is 6.61 Å². The smallest absolute Gasteiger partial charge is 0.281 e. The van der Waals surface area contributed by atoms with E-state index in [0.717, 1.165) is 53.9 Å². The van der Waals surface area contributed by atoms with Gasteiger partial charge in [0.15, 0.2) is 5.65 Å². The summed E-state index contributed by atoms with van der Waals surface area (Å²) in [6.07, 6.45) is 7.40. The summed E-state index contributed by atoms with van der Waals surface area (Å²) in [5.41, 5.74) is 1.83. The molecule has 2 fully saturated rings. The summed E-state index contributed by atoms with van der Waals surface area (Å²) in [6.45, 7) is 4.43. The molecular weight excluding hydrogens is 410 g/mol. The van der Waals surface area contributed by atoms with Gasteiger partial charge in [0.1, 0.15) is 11.5 Å². The van der Waals surface area contributed by atoms with Crippen molar-refractivity contribution in [1.29, 1.82) is 0 Å². The fourth-order valence-electron chi connectivity index (χ4n) is 5.03. The lowest BCUT2D eigenvalue weighted by molar-refractivity contribution is -0.134. The molecule has 5 rings (SSSR count). The number of amides is 1. The van der Waals surface area contributed by atoms with Crippen molar-refractivity contribution in [2.24, 2.45) is 5.92 Å². The number of nitrogens with zero attached hydrogens (tertiary/aromatic N) is 3. The standard InChI is InChI=1S/C24H27N3O3S/c1-15-11-22-23(25-14-15)26-24(31-22)30-21-7-5-20(6-8-21)29-10-9-17-12-18-3-4-19(13-17)27(18)16(2)28/h5-8,11,14,17-19H,3-4,9-10,12-13H2,1-2H3/t17?,18-,19+. The summed E-state index contributed by atoms with van der Waals surface area (Å²) >= 11 is 1.50. The van der Waals surface area contributed by atoms with Crippen LogP contribution in [0.25, 0.3) is 10.3 Å². The fraction of sp³-hybridized carbons (Fsp3) is 0.458. The third kappa shape index (κ3) is 4.37. The maximum absolute atomic E-state index is 11.9. The second-order valence-corrected chi connectivity index (χ2v) is 9.67. The van der Waals surface area contributed by atoms with Crippen LogP contribution >= 0.6 is 11.3 Å². The van der Waals surface area contributed by atoms with E-state index in [1.807, 2.05) is 37.4 Å². The van der Waals surface area contributed by atoms with E-state index in [1.165, 1.54) is 11.3 Å². The van der Waals surface area contributed by atoms with Crippen LogP contribution in [0.3, 0.4) is 0 Å². The molecule has 31 heavy (non-hydrogen) atoms. The average molecular weight is 438 g/mol. The third-order valence-corrected chi connectivity index (χ3v) is 7.25. The Morgan fingerprint density at radius 2 is 1.87 bits per heavy atom. The molecule has 0 N–H and O–H groups in total. The molecule has 2 aromatic heterocycles. The van der Waals surface area contributed by atoms with Gasteiger partial charge in [-0.1, -0.05) is 11.3 Å². The molecule has 3 atom stereocenters. The number of hydrogen-bond acceptors (Lipinski definition) is 6. The number of carbonyl (C=O) groups excluding carboxylic acids is 1. The monoisotopic (exact) mass is 437 g/mol. The molecule has 1 aromatic carbocycles. The number of ether oxygens (including phenoxy) is 2. The van der Waals surface area contributed by atoms with Crippen LogP contribution < -0.4 is 9.47 Å². The van der Waals surface area contributed by atoms with Gasteiger partial charge in [-0.3, -0.25) is 4.79 Å². The summed E-state index contributed by atoms with van der Waals surface area (Å²) in [5.74, 6) is 2.46. The molecule has 1 unspecified atom stereocenters. The van der Waals surface area contributed by atoms with Crippen molar-refractivity contribution in [3.8, 4) is 16.7 Å². The van der Waals surface area contributed by atoms with Gasteiger partial charge in [0, 0.05) is 25.2 Å². The Labute approximate surface area is 186 Å². The molecule has 4 heterocycles. The first-order chi connectivity index (χ1) is 15.0. The lowest BCUT2D eigenvalue weighted by Gasteiger charge is -2.38. The maximum atomic E-state index is 11.9. The van der Waals surface area contributed by atoms with E-state index in [4.69, 9.17) is 9.47 Å². The van der Waals surface area contributed by atoms with Crippen molar-refractivity contribution < 1.29 is 14.3 Å². The number of rotatable bonds is 6. The van der Waals surface area contributed by atoms with Gasteiger partial charge in [0.2, 0.25) is 5.91 Å². The molecule has 0 aliphatic carbocycles. The predicted molar refractivity (Wildman–Crippen MR) is 121 cm³/mol. The Morgan fingerprint density at radius 1 is 1.16 bits per heavy atom. The van der Waals surface area contributed by atoms with Gasteiger partial charge in [-0.15, -0.1) is 0 Å². The first kappa shape index (κ1) is 20.2. The number of pyridine rings is 1. The zero-order chi connectivity index (χ0) is 21.4. The van der Waals surface area contributed by atoms with Crippen molar-refractivity contribution in [3.05, 3.63) is 42.1 Å². The topological polar surface area (TPSA) is 64.6 Å². The maximum Gasteiger partial charge on any atom is 0.281 e. The Bertz CT molecular complexity index is 1070. The van der Waals surface area contributed by atoms with Crippen LogP contribution in [-0.2, 0) is 4.79 Å². The predicted octanol–water partition coefficient (Wildman–Crippen LogP) is 5.35. The van der Waals surface area contributed by atoms with Gasteiger partial charge < -0.3 is 14.4 Å². The van der Waals surface area contributed by atoms with E-state index in [0.29, 0.717) is 35.4 Å². The van der Waals surface area contributed by atoms with E-state index >= 15 is 0 Å². The molecule has 3 aromatic rings. The zero-order valence-electron chi connectivity index (χ0n) is 17.9. The highest BCUT2D eigenvalue weighted by Crippen LogP contribution is 2.40. The molecule has 1 amide bonds. The normalized spacial score (nSPS) is 22.6. The number of aromatic nitrogens is 2. The van der Waals surface area contributed by atoms with Crippen molar-refractivity contribution in [2.45, 2.75) is 58.0 Å². The van der Waals surface area contributed by atoms with Crippen molar-refractivity contribution in [1.82, 2.24) is 14.9 Å². The second-order valence-electron chi connectivity index (χ2n) is 8.67. The van der Waals surface area contributed by atoms with Crippen LogP contribution in [0.5, 0.6) is 16.7 Å².